The van der Waals surface area contributed by atoms with Gasteiger partial charge in [0.2, 0.25) is 21.8 Å². The monoisotopic (exact) mass is 424 g/mol. The van der Waals surface area contributed by atoms with E-state index >= 15 is 0 Å². The Morgan fingerprint density at radius 1 is 1.14 bits per heavy atom. The molecule has 1 aromatic rings. The second-order valence-corrected chi connectivity index (χ2v) is 9.82. The number of sulfonamides is 1. The smallest absolute Gasteiger partial charge is 0.243 e. The van der Waals surface area contributed by atoms with E-state index in [4.69, 9.17) is 0 Å². The highest BCUT2D eigenvalue weighted by Gasteiger charge is 2.25. The van der Waals surface area contributed by atoms with Gasteiger partial charge in [-0.25, -0.2) is 8.42 Å². The van der Waals surface area contributed by atoms with Gasteiger partial charge in [-0.3, -0.25) is 14.5 Å². The molecule has 8 nitrogen and oxygen atoms in total. The summed E-state index contributed by atoms with van der Waals surface area (Å²) < 4.78 is 26.3. The molecule has 29 heavy (non-hydrogen) atoms. The van der Waals surface area contributed by atoms with Crippen LogP contribution in [0.1, 0.15) is 33.6 Å². The van der Waals surface area contributed by atoms with E-state index in [-0.39, 0.29) is 35.3 Å². The van der Waals surface area contributed by atoms with Gasteiger partial charge in [0.15, 0.2) is 0 Å². The maximum Gasteiger partial charge on any atom is 0.243 e. The molecule has 0 radical (unpaired) electrons. The largest absolute Gasteiger partial charge is 0.343 e. The number of carbonyl (C=O) groups is 2. The first-order valence-corrected chi connectivity index (χ1v) is 11.3. The Bertz CT molecular complexity index is 815. The second kappa shape index (κ2) is 9.69. The molecule has 0 spiro atoms. The molecule has 0 atom stereocenters. The van der Waals surface area contributed by atoms with Gasteiger partial charge in [0.1, 0.15) is 0 Å². The Balaban J connectivity index is 1.88. The van der Waals surface area contributed by atoms with Gasteiger partial charge in [-0.2, -0.15) is 4.31 Å². The van der Waals surface area contributed by atoms with E-state index in [1.165, 1.54) is 16.4 Å². The topological polar surface area (TPSA) is 90.0 Å². The van der Waals surface area contributed by atoms with E-state index in [0.717, 1.165) is 25.9 Å². The predicted octanol–water partition coefficient (Wildman–Crippen LogP) is 1.60. The van der Waals surface area contributed by atoms with Crippen LogP contribution in [0.2, 0.25) is 0 Å². The third-order valence-corrected chi connectivity index (χ3v) is 7.56. The zero-order valence-corrected chi connectivity index (χ0v) is 18.7. The van der Waals surface area contributed by atoms with Gasteiger partial charge < -0.3 is 10.2 Å². The van der Waals surface area contributed by atoms with Gasteiger partial charge in [-0.1, -0.05) is 0 Å². The van der Waals surface area contributed by atoms with Crippen LogP contribution in [0, 0.1) is 0 Å². The van der Waals surface area contributed by atoms with Crippen LogP contribution in [-0.4, -0.2) is 80.2 Å². The number of likely N-dealkylation sites (tertiary alicyclic amines) is 1. The summed E-state index contributed by atoms with van der Waals surface area (Å²) in [6.07, 6.45) is 1.69. The summed E-state index contributed by atoms with van der Waals surface area (Å²) >= 11 is 0. The first kappa shape index (κ1) is 23.3. The van der Waals surface area contributed by atoms with Crippen LogP contribution in [-0.2, 0) is 19.6 Å². The van der Waals surface area contributed by atoms with E-state index in [0.29, 0.717) is 5.69 Å². The number of amides is 2. The van der Waals surface area contributed by atoms with E-state index in [9.17, 15) is 18.0 Å². The molecule has 1 saturated heterocycles. The van der Waals surface area contributed by atoms with Crippen molar-refractivity contribution in [1.82, 2.24) is 14.1 Å². The minimum Gasteiger partial charge on any atom is -0.343 e. The zero-order chi connectivity index (χ0) is 21.8. The first-order valence-electron chi connectivity index (χ1n) is 9.86. The van der Waals surface area contributed by atoms with Crippen molar-refractivity contribution < 1.29 is 18.0 Å². The van der Waals surface area contributed by atoms with Gasteiger partial charge in [0.05, 0.1) is 11.4 Å². The second-order valence-electron chi connectivity index (χ2n) is 7.82. The summed E-state index contributed by atoms with van der Waals surface area (Å²) in [5, 5.41) is 2.82. The minimum atomic E-state index is -3.54. The molecular formula is C20H32N4O4S. The molecule has 1 aromatic carbocycles. The van der Waals surface area contributed by atoms with E-state index in [1.54, 1.807) is 31.0 Å². The van der Waals surface area contributed by atoms with Gasteiger partial charge in [0.25, 0.3) is 0 Å². The van der Waals surface area contributed by atoms with Gasteiger partial charge >= 0.3 is 0 Å². The molecule has 0 bridgehead atoms. The number of rotatable bonds is 7. The molecule has 1 N–H and O–H groups in total. The van der Waals surface area contributed by atoms with Crippen LogP contribution in [0.25, 0.3) is 0 Å². The van der Waals surface area contributed by atoms with Crippen LogP contribution in [0.5, 0.6) is 0 Å². The highest BCUT2D eigenvalue weighted by atomic mass is 32.2. The SMILES string of the molecule is CC(=O)N(C)C1CCN(CC(=O)Nc2ccc(S(=O)(=O)N(C)C(C)C)cc2)CC1. The fraction of sp³-hybridized carbons (Fsp3) is 0.600. The number of piperidine rings is 1. The Kier molecular flexibility index (Phi) is 7.79. The molecule has 0 aliphatic carbocycles. The number of benzene rings is 1. The van der Waals surface area contributed by atoms with Gasteiger partial charge in [-0.05, 0) is 51.0 Å². The molecule has 0 unspecified atom stereocenters. The normalized spacial score (nSPS) is 16.2. The third kappa shape index (κ3) is 6.01. The number of anilines is 1. The number of carbonyl (C=O) groups excluding carboxylic acids is 2. The highest BCUT2D eigenvalue weighted by molar-refractivity contribution is 7.89. The van der Waals surface area contributed by atoms with Crippen molar-refractivity contribution in [2.45, 2.75) is 50.6 Å². The fourth-order valence-corrected chi connectivity index (χ4v) is 4.65. The average molecular weight is 425 g/mol. The van der Waals surface area contributed by atoms with Crippen molar-refractivity contribution in [2.24, 2.45) is 0 Å². The van der Waals surface area contributed by atoms with Crippen molar-refractivity contribution in [3.63, 3.8) is 0 Å². The average Bonchev–Trinajstić information content (AvgIpc) is 2.67. The zero-order valence-electron chi connectivity index (χ0n) is 17.9. The minimum absolute atomic E-state index is 0.0613. The molecule has 9 heteroatoms. The molecule has 1 fully saturated rings. The third-order valence-electron chi connectivity index (χ3n) is 5.51. The van der Waals surface area contributed by atoms with Crippen molar-refractivity contribution in [1.29, 1.82) is 0 Å². The molecule has 162 valence electrons. The lowest BCUT2D eigenvalue weighted by Gasteiger charge is -2.36. The van der Waals surface area contributed by atoms with Gasteiger partial charge in [-0.15, -0.1) is 0 Å². The molecule has 1 heterocycles. The lowest BCUT2D eigenvalue weighted by Crippen LogP contribution is -2.46. The van der Waals surface area contributed by atoms with Crippen LogP contribution in [0.4, 0.5) is 5.69 Å². The Hall–Kier alpha value is -1.97. The summed E-state index contributed by atoms with van der Waals surface area (Å²) in [7, 11) is -0.174. The molecule has 2 amide bonds. The summed E-state index contributed by atoms with van der Waals surface area (Å²) in [6, 6.07) is 6.31. The molecular weight excluding hydrogens is 392 g/mol. The van der Waals surface area contributed by atoms with E-state index < -0.39 is 10.0 Å². The highest BCUT2D eigenvalue weighted by Crippen LogP contribution is 2.19. The van der Waals surface area contributed by atoms with Crippen molar-refractivity contribution in [3.8, 4) is 0 Å². The number of hydrogen-bond acceptors (Lipinski definition) is 5. The van der Waals surface area contributed by atoms with Crippen molar-refractivity contribution >= 4 is 27.5 Å². The predicted molar refractivity (Wildman–Crippen MR) is 113 cm³/mol. The van der Waals surface area contributed by atoms with Gasteiger partial charge in [0, 0.05) is 51.9 Å². The quantitative estimate of drug-likeness (QED) is 0.718. The maximum atomic E-state index is 12.5. The Labute approximate surface area is 173 Å². The van der Waals surface area contributed by atoms with Crippen molar-refractivity contribution in [3.05, 3.63) is 24.3 Å². The lowest BCUT2D eigenvalue weighted by molar-refractivity contribution is -0.130. The molecule has 1 aliphatic heterocycles. The van der Waals surface area contributed by atoms with Crippen LogP contribution >= 0.6 is 0 Å². The standard InChI is InChI=1S/C20H32N4O4S/c1-15(2)23(5)29(27,28)19-8-6-17(7-9-19)21-20(26)14-24-12-10-18(11-13-24)22(4)16(3)25/h6-9,15,18H,10-14H2,1-5H3,(H,21,26). The first-order chi connectivity index (χ1) is 13.5. The maximum absolute atomic E-state index is 12.5. The Morgan fingerprint density at radius 3 is 2.17 bits per heavy atom. The summed E-state index contributed by atoms with van der Waals surface area (Å²) in [4.78, 5) is 27.8. The summed E-state index contributed by atoms with van der Waals surface area (Å²) in [6.45, 7) is 6.98. The molecule has 0 aromatic heterocycles. The molecule has 2 rings (SSSR count). The lowest BCUT2D eigenvalue weighted by atomic mass is 10.0. The number of hydrogen-bond donors (Lipinski definition) is 1. The molecule has 0 saturated carbocycles. The summed E-state index contributed by atoms with van der Waals surface area (Å²) in [5.41, 5.74) is 0.562. The van der Waals surface area contributed by atoms with E-state index in [1.807, 2.05) is 20.9 Å². The Morgan fingerprint density at radius 2 is 1.69 bits per heavy atom. The molecule has 1 aliphatic rings. The van der Waals surface area contributed by atoms with E-state index in [2.05, 4.69) is 10.2 Å². The number of nitrogens with zero attached hydrogens (tertiary/aromatic N) is 3. The number of nitrogens with one attached hydrogen (secondary N) is 1. The van der Waals surface area contributed by atoms with Crippen molar-refractivity contribution in [2.75, 3.05) is 39.0 Å². The fourth-order valence-electron chi connectivity index (χ4n) is 3.28. The van der Waals surface area contributed by atoms with Crippen LogP contribution in [0.15, 0.2) is 29.2 Å². The van der Waals surface area contributed by atoms with Crippen LogP contribution in [0.3, 0.4) is 0 Å². The summed E-state index contributed by atoms with van der Waals surface area (Å²) in [5.74, 6) is -0.0791. The van der Waals surface area contributed by atoms with Crippen LogP contribution < -0.4 is 5.32 Å².